The Balaban J connectivity index is 2.63. The average molecular weight is 162 g/mol. The molecule has 4 heteroatoms. The molecule has 2 unspecified atom stereocenters. The average Bonchev–Trinajstić information content (AvgIpc) is 2.13. The molecule has 2 atom stereocenters. The standard InChI is InChI=1S/C6H10O3S/c1-4-2-6(9,3-10-4)5(7)8/h4,9H,2-3H2,1H3,(H,7,8). The lowest BCUT2D eigenvalue weighted by molar-refractivity contribution is -0.155. The van der Waals surface area contributed by atoms with Crippen molar-refractivity contribution in [2.75, 3.05) is 5.75 Å². The van der Waals surface area contributed by atoms with E-state index >= 15 is 0 Å². The first-order chi connectivity index (χ1) is 4.54. The van der Waals surface area contributed by atoms with Crippen LogP contribution >= 0.6 is 11.8 Å². The van der Waals surface area contributed by atoms with Gasteiger partial charge in [-0.05, 0) is 6.42 Å². The Morgan fingerprint density at radius 1 is 1.80 bits per heavy atom. The van der Waals surface area contributed by atoms with E-state index in [0.717, 1.165) is 0 Å². The zero-order valence-electron chi connectivity index (χ0n) is 5.70. The molecular formula is C6H10O3S. The van der Waals surface area contributed by atoms with Gasteiger partial charge in [0, 0.05) is 11.0 Å². The lowest BCUT2D eigenvalue weighted by atomic mass is 10.0. The fourth-order valence-corrected chi connectivity index (χ4v) is 2.22. The second-order valence-corrected chi connectivity index (χ2v) is 4.09. The molecule has 1 heterocycles. The largest absolute Gasteiger partial charge is 0.479 e. The van der Waals surface area contributed by atoms with Crippen molar-refractivity contribution in [3.63, 3.8) is 0 Å². The number of hydrogen-bond acceptors (Lipinski definition) is 3. The van der Waals surface area contributed by atoms with Crippen LogP contribution in [-0.4, -0.2) is 32.8 Å². The summed E-state index contributed by atoms with van der Waals surface area (Å²) in [7, 11) is 0. The minimum Gasteiger partial charge on any atom is -0.479 e. The summed E-state index contributed by atoms with van der Waals surface area (Å²) >= 11 is 1.50. The highest BCUT2D eigenvalue weighted by Gasteiger charge is 2.42. The van der Waals surface area contributed by atoms with E-state index in [4.69, 9.17) is 5.11 Å². The van der Waals surface area contributed by atoms with E-state index in [-0.39, 0.29) is 5.25 Å². The van der Waals surface area contributed by atoms with Crippen molar-refractivity contribution in [1.29, 1.82) is 0 Å². The zero-order valence-corrected chi connectivity index (χ0v) is 6.52. The van der Waals surface area contributed by atoms with E-state index in [1.807, 2.05) is 6.92 Å². The van der Waals surface area contributed by atoms with Gasteiger partial charge in [0.05, 0.1) is 0 Å². The second kappa shape index (κ2) is 2.43. The van der Waals surface area contributed by atoms with Crippen LogP contribution in [0, 0.1) is 0 Å². The van der Waals surface area contributed by atoms with Crippen LogP contribution in [0.15, 0.2) is 0 Å². The number of aliphatic hydroxyl groups is 1. The van der Waals surface area contributed by atoms with Crippen LogP contribution in [0.4, 0.5) is 0 Å². The van der Waals surface area contributed by atoms with Crippen LogP contribution in [0.25, 0.3) is 0 Å². The molecule has 0 aromatic heterocycles. The van der Waals surface area contributed by atoms with E-state index in [2.05, 4.69) is 0 Å². The Kier molecular flexibility index (Phi) is 1.92. The number of thioether (sulfide) groups is 1. The van der Waals surface area contributed by atoms with E-state index in [9.17, 15) is 9.90 Å². The third kappa shape index (κ3) is 1.27. The van der Waals surface area contributed by atoms with Gasteiger partial charge in [0.1, 0.15) is 0 Å². The van der Waals surface area contributed by atoms with Crippen molar-refractivity contribution in [3.8, 4) is 0 Å². The quantitative estimate of drug-likeness (QED) is 0.583. The van der Waals surface area contributed by atoms with Gasteiger partial charge >= 0.3 is 5.97 Å². The molecule has 0 saturated carbocycles. The molecular weight excluding hydrogens is 152 g/mol. The maximum atomic E-state index is 10.4. The van der Waals surface area contributed by atoms with Gasteiger partial charge in [-0.2, -0.15) is 11.8 Å². The summed E-state index contributed by atoms with van der Waals surface area (Å²) in [5.41, 5.74) is -1.45. The summed E-state index contributed by atoms with van der Waals surface area (Å²) in [6.07, 6.45) is 0.368. The maximum Gasteiger partial charge on any atom is 0.336 e. The van der Waals surface area contributed by atoms with Crippen LogP contribution in [0.1, 0.15) is 13.3 Å². The summed E-state index contributed by atoms with van der Waals surface area (Å²) in [5.74, 6) is -0.770. The Morgan fingerprint density at radius 3 is 2.60 bits per heavy atom. The van der Waals surface area contributed by atoms with Crippen molar-refractivity contribution in [2.45, 2.75) is 24.2 Å². The SMILES string of the molecule is CC1CC(O)(C(=O)O)CS1. The van der Waals surface area contributed by atoms with Crippen LogP contribution in [-0.2, 0) is 4.79 Å². The van der Waals surface area contributed by atoms with E-state index in [1.54, 1.807) is 0 Å². The van der Waals surface area contributed by atoms with E-state index in [0.29, 0.717) is 12.2 Å². The van der Waals surface area contributed by atoms with Crippen molar-refractivity contribution in [2.24, 2.45) is 0 Å². The predicted octanol–water partition coefficient (Wildman–Crippen LogP) is 0.328. The van der Waals surface area contributed by atoms with Gasteiger partial charge < -0.3 is 10.2 Å². The molecule has 0 aliphatic carbocycles. The normalized spacial score (nSPS) is 40.0. The molecule has 3 nitrogen and oxygen atoms in total. The topological polar surface area (TPSA) is 57.5 Å². The van der Waals surface area contributed by atoms with Crippen LogP contribution in [0.5, 0.6) is 0 Å². The highest BCUT2D eigenvalue weighted by Crippen LogP contribution is 2.34. The van der Waals surface area contributed by atoms with Gasteiger partial charge in [-0.25, -0.2) is 4.79 Å². The molecule has 0 amide bonds. The smallest absolute Gasteiger partial charge is 0.336 e. The molecule has 1 fully saturated rings. The highest BCUT2D eigenvalue weighted by atomic mass is 32.2. The first-order valence-corrected chi connectivity index (χ1v) is 4.17. The van der Waals surface area contributed by atoms with Gasteiger partial charge in [-0.15, -0.1) is 0 Å². The summed E-state index contributed by atoms with van der Waals surface area (Å²) in [6.45, 7) is 1.92. The van der Waals surface area contributed by atoms with Gasteiger partial charge in [0.15, 0.2) is 5.60 Å². The summed E-state index contributed by atoms with van der Waals surface area (Å²) in [6, 6.07) is 0. The summed E-state index contributed by atoms with van der Waals surface area (Å²) in [4.78, 5) is 10.4. The third-order valence-electron chi connectivity index (χ3n) is 1.63. The van der Waals surface area contributed by atoms with Crippen LogP contribution in [0.2, 0.25) is 0 Å². The molecule has 1 aliphatic rings. The highest BCUT2D eigenvalue weighted by molar-refractivity contribution is 8.00. The van der Waals surface area contributed by atoms with Gasteiger partial charge in [-0.1, -0.05) is 6.92 Å². The molecule has 1 saturated heterocycles. The molecule has 58 valence electrons. The Bertz CT molecular complexity index is 159. The zero-order chi connectivity index (χ0) is 7.78. The van der Waals surface area contributed by atoms with Gasteiger partial charge in [0.25, 0.3) is 0 Å². The van der Waals surface area contributed by atoms with Crippen molar-refractivity contribution < 1.29 is 15.0 Å². The molecule has 0 spiro atoms. The first-order valence-electron chi connectivity index (χ1n) is 3.12. The Hall–Kier alpha value is -0.220. The fraction of sp³-hybridized carbons (Fsp3) is 0.833. The number of carbonyl (C=O) groups is 1. The Labute approximate surface area is 63.4 Å². The molecule has 0 aromatic rings. The minimum absolute atomic E-state index is 0.265. The predicted molar refractivity (Wildman–Crippen MR) is 39.1 cm³/mol. The number of hydrogen-bond donors (Lipinski definition) is 2. The van der Waals surface area contributed by atoms with Crippen molar-refractivity contribution >= 4 is 17.7 Å². The number of carboxylic acids is 1. The lowest BCUT2D eigenvalue weighted by Gasteiger charge is -2.14. The molecule has 0 aromatic carbocycles. The molecule has 0 bridgehead atoms. The fourth-order valence-electron chi connectivity index (χ4n) is 1.02. The molecule has 0 radical (unpaired) electrons. The van der Waals surface area contributed by atoms with E-state index in [1.165, 1.54) is 11.8 Å². The number of carboxylic acid groups (broad SMARTS) is 1. The summed E-state index contributed by atoms with van der Waals surface area (Å²) in [5, 5.41) is 18.1. The maximum absolute atomic E-state index is 10.4. The molecule has 10 heavy (non-hydrogen) atoms. The Morgan fingerprint density at radius 2 is 2.40 bits per heavy atom. The second-order valence-electron chi connectivity index (χ2n) is 2.66. The lowest BCUT2D eigenvalue weighted by Crippen LogP contribution is -2.38. The number of aliphatic carboxylic acids is 1. The van der Waals surface area contributed by atoms with Gasteiger partial charge in [-0.3, -0.25) is 0 Å². The molecule has 1 rings (SSSR count). The van der Waals surface area contributed by atoms with Gasteiger partial charge in [0.2, 0.25) is 0 Å². The summed E-state index contributed by atoms with van der Waals surface area (Å²) < 4.78 is 0. The van der Waals surface area contributed by atoms with E-state index < -0.39 is 11.6 Å². The monoisotopic (exact) mass is 162 g/mol. The van der Waals surface area contributed by atoms with Crippen molar-refractivity contribution in [3.05, 3.63) is 0 Å². The molecule has 2 N–H and O–H groups in total. The number of rotatable bonds is 1. The third-order valence-corrected chi connectivity index (χ3v) is 3.01. The minimum atomic E-state index is -1.45. The van der Waals surface area contributed by atoms with Crippen LogP contribution in [0.3, 0.4) is 0 Å². The molecule has 1 aliphatic heterocycles. The first kappa shape index (κ1) is 7.88. The van der Waals surface area contributed by atoms with Crippen molar-refractivity contribution in [1.82, 2.24) is 0 Å². The van der Waals surface area contributed by atoms with Crippen LogP contribution < -0.4 is 0 Å².